The molecule has 10 heteroatoms. The fourth-order valence-corrected chi connectivity index (χ4v) is 5.12. The maximum Gasteiger partial charge on any atom is 0.416 e. The molecule has 0 bridgehead atoms. The molecule has 2 heterocycles. The van der Waals surface area contributed by atoms with Crippen molar-refractivity contribution in [1.29, 1.82) is 0 Å². The molecule has 1 atom stereocenters. The zero-order valence-electron chi connectivity index (χ0n) is 18.1. The lowest BCUT2D eigenvalue weighted by Gasteiger charge is -2.24. The number of alkyl halides is 3. The SMILES string of the molecule is COC(=O)c1ccc([C@H]2CC(=O)Nc3sc(C(=O)Nc4cccc(C(F)(F)F)c4)c(C)c32)cc1. The summed E-state index contributed by atoms with van der Waals surface area (Å²) in [6, 6.07) is 11.1. The number of hydrogen-bond donors (Lipinski definition) is 2. The first-order valence-electron chi connectivity index (χ1n) is 10.2. The molecule has 0 saturated carbocycles. The van der Waals surface area contributed by atoms with Gasteiger partial charge in [-0.05, 0) is 53.9 Å². The number of rotatable bonds is 4. The quantitative estimate of drug-likeness (QED) is 0.469. The fraction of sp³-hybridized carbons (Fsp3) is 0.208. The Morgan fingerprint density at radius 3 is 2.50 bits per heavy atom. The van der Waals surface area contributed by atoms with Gasteiger partial charge in [0.2, 0.25) is 5.91 Å². The van der Waals surface area contributed by atoms with E-state index in [1.54, 1.807) is 31.2 Å². The van der Waals surface area contributed by atoms with Crippen molar-refractivity contribution >= 4 is 39.8 Å². The lowest BCUT2D eigenvalue weighted by atomic mass is 9.84. The summed E-state index contributed by atoms with van der Waals surface area (Å²) in [5.74, 6) is -1.61. The van der Waals surface area contributed by atoms with Crippen LogP contribution in [0.3, 0.4) is 0 Å². The fourth-order valence-electron chi connectivity index (χ4n) is 3.94. The van der Waals surface area contributed by atoms with E-state index in [-0.39, 0.29) is 23.9 Å². The van der Waals surface area contributed by atoms with E-state index < -0.39 is 23.6 Å². The zero-order chi connectivity index (χ0) is 24.6. The van der Waals surface area contributed by atoms with Gasteiger partial charge < -0.3 is 15.4 Å². The summed E-state index contributed by atoms with van der Waals surface area (Å²) < 4.78 is 43.7. The number of nitrogens with one attached hydrogen (secondary N) is 2. The number of amides is 2. The standard InChI is InChI=1S/C24H19F3N2O4S/c1-12-19-17(13-6-8-14(9-7-13)23(32)33-2)11-18(30)29-22(19)34-20(12)21(31)28-16-5-3-4-15(10-16)24(25,26)27/h3-10,17H,11H2,1-2H3,(H,28,31)(H,29,30)/t17-/m1/s1. The smallest absolute Gasteiger partial charge is 0.416 e. The minimum Gasteiger partial charge on any atom is -0.465 e. The van der Waals surface area contributed by atoms with Crippen LogP contribution in [0.15, 0.2) is 48.5 Å². The van der Waals surface area contributed by atoms with Gasteiger partial charge in [-0.15, -0.1) is 11.3 Å². The van der Waals surface area contributed by atoms with Crippen LogP contribution in [0.5, 0.6) is 0 Å². The second-order valence-corrected chi connectivity index (χ2v) is 8.77. The number of anilines is 2. The van der Waals surface area contributed by atoms with Crippen LogP contribution in [0, 0.1) is 6.92 Å². The maximum atomic E-state index is 13.0. The number of esters is 1. The summed E-state index contributed by atoms with van der Waals surface area (Å²) in [5, 5.41) is 5.82. The summed E-state index contributed by atoms with van der Waals surface area (Å²) in [6.07, 6.45) is -4.38. The monoisotopic (exact) mass is 488 g/mol. The first-order valence-corrected chi connectivity index (χ1v) is 11.0. The van der Waals surface area contributed by atoms with Crippen molar-refractivity contribution in [3.63, 3.8) is 0 Å². The number of carbonyl (C=O) groups excluding carboxylic acids is 3. The lowest BCUT2D eigenvalue weighted by Crippen LogP contribution is -2.22. The van der Waals surface area contributed by atoms with Crippen molar-refractivity contribution in [2.24, 2.45) is 0 Å². The first-order chi connectivity index (χ1) is 16.1. The Labute approximate surface area is 196 Å². The van der Waals surface area contributed by atoms with Crippen LogP contribution in [-0.4, -0.2) is 24.9 Å². The topological polar surface area (TPSA) is 84.5 Å². The highest BCUT2D eigenvalue weighted by Gasteiger charge is 2.33. The molecule has 0 spiro atoms. The van der Waals surface area contributed by atoms with Crippen LogP contribution >= 0.6 is 11.3 Å². The van der Waals surface area contributed by atoms with Crippen molar-refractivity contribution in [3.05, 3.63) is 81.2 Å². The van der Waals surface area contributed by atoms with Crippen LogP contribution in [0.1, 0.15) is 54.6 Å². The van der Waals surface area contributed by atoms with Crippen LogP contribution < -0.4 is 10.6 Å². The number of fused-ring (bicyclic) bond motifs is 1. The molecule has 0 saturated heterocycles. The number of benzene rings is 2. The Morgan fingerprint density at radius 2 is 1.85 bits per heavy atom. The Morgan fingerprint density at radius 1 is 1.15 bits per heavy atom. The highest BCUT2D eigenvalue weighted by atomic mass is 32.1. The van der Waals surface area contributed by atoms with E-state index in [1.165, 1.54) is 19.2 Å². The molecule has 1 aromatic heterocycles. The summed E-state index contributed by atoms with van der Waals surface area (Å²) in [6.45, 7) is 1.74. The molecular formula is C24H19F3N2O4S. The molecule has 34 heavy (non-hydrogen) atoms. The van der Waals surface area contributed by atoms with E-state index in [0.717, 1.165) is 34.6 Å². The van der Waals surface area contributed by atoms with Gasteiger partial charge in [0.05, 0.1) is 28.1 Å². The third-order valence-electron chi connectivity index (χ3n) is 5.57. The molecule has 2 amide bonds. The molecule has 1 aliphatic heterocycles. The maximum absolute atomic E-state index is 13.0. The molecule has 2 N–H and O–H groups in total. The van der Waals surface area contributed by atoms with Crippen LogP contribution in [0.25, 0.3) is 0 Å². The van der Waals surface area contributed by atoms with Gasteiger partial charge >= 0.3 is 12.1 Å². The van der Waals surface area contributed by atoms with Crippen LogP contribution in [-0.2, 0) is 15.7 Å². The number of halogens is 3. The van der Waals surface area contributed by atoms with Crippen LogP contribution in [0.4, 0.5) is 23.9 Å². The van der Waals surface area contributed by atoms with Crippen LogP contribution in [0.2, 0.25) is 0 Å². The van der Waals surface area contributed by atoms with Crippen molar-refractivity contribution in [1.82, 2.24) is 0 Å². The molecule has 0 radical (unpaired) electrons. The first kappa shape index (κ1) is 23.5. The van der Waals surface area contributed by atoms with Gasteiger partial charge in [-0.3, -0.25) is 9.59 Å². The highest BCUT2D eigenvalue weighted by molar-refractivity contribution is 7.18. The van der Waals surface area contributed by atoms with E-state index >= 15 is 0 Å². The Kier molecular flexibility index (Phi) is 6.18. The molecular weight excluding hydrogens is 469 g/mol. The van der Waals surface area contributed by atoms with E-state index in [2.05, 4.69) is 10.6 Å². The average molecular weight is 488 g/mol. The Hall–Kier alpha value is -3.66. The average Bonchev–Trinajstić information content (AvgIpc) is 3.14. The molecule has 2 aromatic carbocycles. The molecule has 3 aromatic rings. The van der Waals surface area contributed by atoms with Gasteiger partial charge in [-0.1, -0.05) is 18.2 Å². The molecule has 0 aliphatic carbocycles. The number of thiophene rings is 1. The van der Waals surface area contributed by atoms with E-state index in [0.29, 0.717) is 21.0 Å². The number of hydrogen-bond acceptors (Lipinski definition) is 5. The summed E-state index contributed by atoms with van der Waals surface area (Å²) in [7, 11) is 1.29. The lowest BCUT2D eigenvalue weighted by molar-refractivity contribution is -0.137. The van der Waals surface area contributed by atoms with Crippen molar-refractivity contribution < 1.29 is 32.3 Å². The number of ether oxygens (including phenoxy) is 1. The van der Waals surface area contributed by atoms with Crippen molar-refractivity contribution in [2.45, 2.75) is 25.4 Å². The second-order valence-electron chi connectivity index (χ2n) is 7.75. The van der Waals surface area contributed by atoms with Gasteiger partial charge in [-0.25, -0.2) is 4.79 Å². The van der Waals surface area contributed by atoms with Gasteiger partial charge in [0.1, 0.15) is 0 Å². The summed E-state index contributed by atoms with van der Waals surface area (Å²) >= 11 is 1.07. The predicted octanol–water partition coefficient (Wildman–Crippen LogP) is 5.59. The number of methoxy groups -OCH3 is 1. The van der Waals surface area contributed by atoms with Crippen molar-refractivity contribution in [3.8, 4) is 0 Å². The van der Waals surface area contributed by atoms with E-state index in [1.807, 2.05) is 0 Å². The van der Waals surface area contributed by atoms with Gasteiger partial charge in [0.15, 0.2) is 0 Å². The minimum absolute atomic E-state index is 0.0181. The van der Waals surface area contributed by atoms with E-state index in [4.69, 9.17) is 4.74 Å². The molecule has 176 valence electrons. The van der Waals surface area contributed by atoms with Gasteiger partial charge in [0, 0.05) is 18.0 Å². The second kappa shape index (κ2) is 8.94. The third-order valence-corrected chi connectivity index (χ3v) is 6.79. The largest absolute Gasteiger partial charge is 0.465 e. The normalized spacial score (nSPS) is 15.3. The van der Waals surface area contributed by atoms with E-state index in [9.17, 15) is 27.6 Å². The highest BCUT2D eigenvalue weighted by Crippen LogP contribution is 2.45. The summed E-state index contributed by atoms with van der Waals surface area (Å²) in [4.78, 5) is 37.3. The predicted molar refractivity (Wildman–Crippen MR) is 121 cm³/mol. The summed E-state index contributed by atoms with van der Waals surface area (Å²) in [5.41, 5.74) is 1.71. The van der Waals surface area contributed by atoms with Crippen molar-refractivity contribution in [2.75, 3.05) is 17.7 Å². The molecule has 0 unspecified atom stereocenters. The molecule has 4 rings (SSSR count). The Balaban J connectivity index is 1.65. The minimum atomic E-state index is -4.53. The third kappa shape index (κ3) is 4.54. The van der Waals surface area contributed by atoms with Gasteiger partial charge in [0.25, 0.3) is 5.91 Å². The molecule has 6 nitrogen and oxygen atoms in total. The molecule has 1 aliphatic rings. The zero-order valence-corrected chi connectivity index (χ0v) is 18.9. The molecule has 0 fully saturated rings. The Bertz CT molecular complexity index is 1280. The van der Waals surface area contributed by atoms with Gasteiger partial charge in [-0.2, -0.15) is 13.2 Å². The number of carbonyl (C=O) groups is 3.